The predicted octanol–water partition coefficient (Wildman–Crippen LogP) is 2.18. The van der Waals surface area contributed by atoms with Gasteiger partial charge in [0.1, 0.15) is 24.1 Å². The fraction of sp³-hybridized carbons (Fsp3) is 0.600. The van der Waals surface area contributed by atoms with Crippen molar-refractivity contribution in [1.82, 2.24) is 4.90 Å². The number of carbonyl (C=O) groups is 2. The van der Waals surface area contributed by atoms with Gasteiger partial charge < -0.3 is 19.3 Å². The van der Waals surface area contributed by atoms with E-state index in [1.54, 1.807) is 37.8 Å². The molecule has 2 fully saturated rings. The topological polar surface area (TPSA) is 106 Å². The van der Waals surface area contributed by atoms with Crippen molar-refractivity contribution in [3.8, 4) is 0 Å². The van der Waals surface area contributed by atoms with Crippen LogP contribution in [0, 0.1) is 5.82 Å². The highest BCUT2D eigenvalue weighted by Gasteiger charge is 2.34. The van der Waals surface area contributed by atoms with Crippen LogP contribution in [0.4, 0.5) is 25.4 Å². The fourth-order valence-corrected chi connectivity index (χ4v) is 3.79. The Kier molecular flexibility index (Phi) is 6.84. The summed E-state index contributed by atoms with van der Waals surface area (Å²) in [4.78, 5) is 29.0. The molecule has 0 aromatic heterocycles. The van der Waals surface area contributed by atoms with E-state index in [-0.39, 0.29) is 13.2 Å². The van der Waals surface area contributed by atoms with Crippen molar-refractivity contribution in [1.29, 1.82) is 0 Å². The Labute approximate surface area is 186 Å². The maximum Gasteiger partial charge on any atom is 0.414 e. The predicted molar refractivity (Wildman–Crippen MR) is 115 cm³/mol. The zero-order chi connectivity index (χ0) is 23.7. The number of hydrogen-bond donors (Lipinski definition) is 0. The number of piperazine rings is 1. The quantitative estimate of drug-likeness (QED) is 0.599. The second kappa shape index (κ2) is 9.10. The standard InChI is InChI=1S/C20H28FN3O7S/c1-20(2,3)31-18(25)23-9-7-22(8-10-23)17-6-5-14(11-16(17)21)24-12-15(30-19(24)26)13-29-32(4,27)28/h5-6,11,15H,7-10,12-13H2,1-4H3/t15-/m1/s1. The van der Waals surface area contributed by atoms with E-state index < -0.39 is 39.8 Å². The van der Waals surface area contributed by atoms with Crippen molar-refractivity contribution in [3.05, 3.63) is 24.0 Å². The molecule has 3 rings (SSSR count). The lowest BCUT2D eigenvalue weighted by Gasteiger charge is -2.37. The minimum absolute atomic E-state index is 0.0434. The second-order valence-electron chi connectivity index (χ2n) is 8.70. The van der Waals surface area contributed by atoms with Crippen molar-refractivity contribution < 1.29 is 36.1 Å². The van der Waals surface area contributed by atoms with E-state index in [9.17, 15) is 22.4 Å². The molecule has 0 spiro atoms. The third-order valence-electron chi connectivity index (χ3n) is 4.86. The molecule has 1 aromatic carbocycles. The number of benzene rings is 1. The monoisotopic (exact) mass is 473 g/mol. The molecule has 2 heterocycles. The molecule has 1 atom stereocenters. The van der Waals surface area contributed by atoms with Gasteiger partial charge in [-0.3, -0.25) is 9.08 Å². The van der Waals surface area contributed by atoms with Crippen LogP contribution in [-0.4, -0.2) is 82.8 Å². The van der Waals surface area contributed by atoms with Crippen molar-refractivity contribution in [3.63, 3.8) is 0 Å². The number of carbonyl (C=O) groups excluding carboxylic acids is 2. The molecule has 0 bridgehead atoms. The van der Waals surface area contributed by atoms with Crippen LogP contribution in [0.3, 0.4) is 0 Å². The summed E-state index contributed by atoms with van der Waals surface area (Å²) in [6.07, 6.45) is -0.968. The number of ether oxygens (including phenoxy) is 2. The van der Waals surface area contributed by atoms with Crippen LogP contribution >= 0.6 is 0 Å². The molecule has 32 heavy (non-hydrogen) atoms. The molecular weight excluding hydrogens is 445 g/mol. The lowest BCUT2D eigenvalue weighted by atomic mass is 10.2. The van der Waals surface area contributed by atoms with Gasteiger partial charge in [0.05, 0.1) is 24.2 Å². The van der Waals surface area contributed by atoms with Crippen molar-refractivity contribution in [2.24, 2.45) is 0 Å². The highest BCUT2D eigenvalue weighted by Crippen LogP contribution is 2.29. The third-order valence-corrected chi connectivity index (χ3v) is 5.42. The molecule has 2 saturated heterocycles. The highest BCUT2D eigenvalue weighted by atomic mass is 32.2. The van der Waals surface area contributed by atoms with Gasteiger partial charge in [0, 0.05) is 26.2 Å². The molecule has 10 nitrogen and oxygen atoms in total. The number of rotatable bonds is 5. The summed E-state index contributed by atoms with van der Waals surface area (Å²) >= 11 is 0. The Bertz CT molecular complexity index is 972. The summed E-state index contributed by atoms with van der Waals surface area (Å²) in [5, 5.41) is 0. The Balaban J connectivity index is 1.60. The number of cyclic esters (lactones) is 1. The van der Waals surface area contributed by atoms with Crippen LogP contribution in [0.15, 0.2) is 18.2 Å². The minimum atomic E-state index is -3.66. The Morgan fingerprint density at radius 1 is 1.22 bits per heavy atom. The first-order valence-electron chi connectivity index (χ1n) is 10.2. The number of amides is 2. The summed E-state index contributed by atoms with van der Waals surface area (Å²) < 4.78 is 52.2. The van der Waals surface area contributed by atoms with Gasteiger partial charge in [0.25, 0.3) is 10.1 Å². The lowest BCUT2D eigenvalue weighted by Crippen LogP contribution is -2.50. The molecule has 2 aliphatic heterocycles. The summed E-state index contributed by atoms with van der Waals surface area (Å²) in [5.74, 6) is -0.517. The summed E-state index contributed by atoms with van der Waals surface area (Å²) in [6, 6.07) is 4.40. The number of nitrogens with zero attached hydrogens (tertiary/aromatic N) is 3. The number of hydrogen-bond acceptors (Lipinski definition) is 8. The first-order chi connectivity index (χ1) is 14.8. The van der Waals surface area contributed by atoms with Gasteiger partial charge >= 0.3 is 12.2 Å². The molecule has 0 unspecified atom stereocenters. The maximum atomic E-state index is 14.9. The van der Waals surface area contributed by atoms with Crippen molar-refractivity contribution in [2.45, 2.75) is 32.5 Å². The first-order valence-corrected chi connectivity index (χ1v) is 12.0. The molecule has 178 valence electrons. The van der Waals surface area contributed by atoms with E-state index in [4.69, 9.17) is 9.47 Å². The maximum absolute atomic E-state index is 14.9. The Morgan fingerprint density at radius 2 is 1.88 bits per heavy atom. The molecule has 12 heteroatoms. The van der Waals surface area contributed by atoms with E-state index in [0.717, 1.165) is 6.26 Å². The van der Waals surface area contributed by atoms with Gasteiger partial charge in [-0.15, -0.1) is 0 Å². The van der Waals surface area contributed by atoms with Gasteiger partial charge in [-0.05, 0) is 39.0 Å². The van der Waals surface area contributed by atoms with Crippen LogP contribution < -0.4 is 9.80 Å². The molecule has 0 radical (unpaired) electrons. The highest BCUT2D eigenvalue weighted by molar-refractivity contribution is 7.85. The smallest absolute Gasteiger partial charge is 0.414 e. The van der Waals surface area contributed by atoms with Crippen LogP contribution in [0.1, 0.15) is 20.8 Å². The average molecular weight is 474 g/mol. The number of anilines is 2. The first kappa shape index (κ1) is 24.1. The van der Waals surface area contributed by atoms with Gasteiger partial charge in [-0.25, -0.2) is 14.0 Å². The Morgan fingerprint density at radius 3 is 2.44 bits per heavy atom. The van der Waals surface area contributed by atoms with E-state index in [1.165, 1.54) is 11.0 Å². The van der Waals surface area contributed by atoms with Crippen LogP contribution in [-0.2, 0) is 23.8 Å². The normalized spacial score (nSPS) is 19.8. The summed E-state index contributed by atoms with van der Waals surface area (Å²) in [5.41, 5.74) is 0.0793. The number of halogens is 1. The zero-order valence-corrected chi connectivity index (χ0v) is 19.4. The van der Waals surface area contributed by atoms with Crippen LogP contribution in [0.25, 0.3) is 0 Å². The molecule has 1 aromatic rings. The van der Waals surface area contributed by atoms with E-state index in [1.807, 2.05) is 4.90 Å². The van der Waals surface area contributed by atoms with E-state index >= 15 is 0 Å². The van der Waals surface area contributed by atoms with E-state index in [2.05, 4.69) is 4.18 Å². The van der Waals surface area contributed by atoms with Crippen molar-refractivity contribution in [2.75, 3.05) is 55.4 Å². The van der Waals surface area contributed by atoms with Crippen LogP contribution in [0.5, 0.6) is 0 Å². The summed E-state index contributed by atoms with van der Waals surface area (Å²) in [6.45, 7) is 6.82. The Hall–Kier alpha value is -2.60. The second-order valence-corrected chi connectivity index (χ2v) is 10.3. The SMILES string of the molecule is CC(C)(C)OC(=O)N1CCN(c2ccc(N3C[C@H](COS(C)(=O)=O)OC3=O)cc2F)CC1. The van der Waals surface area contributed by atoms with Gasteiger partial charge in [0.15, 0.2) is 0 Å². The van der Waals surface area contributed by atoms with Crippen molar-refractivity contribution >= 4 is 33.7 Å². The summed E-state index contributed by atoms with van der Waals surface area (Å²) in [7, 11) is -3.66. The molecule has 0 saturated carbocycles. The van der Waals surface area contributed by atoms with E-state index in [0.29, 0.717) is 37.6 Å². The third kappa shape index (κ3) is 6.22. The molecule has 2 amide bonds. The van der Waals surface area contributed by atoms with Gasteiger partial charge in [-0.2, -0.15) is 8.42 Å². The molecule has 2 aliphatic rings. The van der Waals surface area contributed by atoms with Gasteiger partial charge in [-0.1, -0.05) is 0 Å². The zero-order valence-electron chi connectivity index (χ0n) is 18.5. The molecular formula is C20H28FN3O7S. The van der Waals surface area contributed by atoms with Crippen LogP contribution in [0.2, 0.25) is 0 Å². The van der Waals surface area contributed by atoms with Gasteiger partial charge in [0.2, 0.25) is 0 Å². The minimum Gasteiger partial charge on any atom is -0.444 e. The fourth-order valence-electron chi connectivity index (χ4n) is 3.40. The molecule has 0 N–H and O–H groups in total. The average Bonchev–Trinajstić information content (AvgIpc) is 3.05. The lowest BCUT2D eigenvalue weighted by molar-refractivity contribution is 0.0240. The molecule has 0 aliphatic carbocycles. The largest absolute Gasteiger partial charge is 0.444 e.